The van der Waals surface area contributed by atoms with E-state index in [0.717, 1.165) is 91.9 Å². The number of ether oxygens (including phenoxy) is 4. The fraction of sp³-hybridized carbons (Fsp3) is 0.101. The molecule has 0 unspecified atom stereocenters. The monoisotopic (exact) mass is 1610 g/mol. The van der Waals surface area contributed by atoms with Gasteiger partial charge < -0.3 is 38.5 Å². The van der Waals surface area contributed by atoms with Gasteiger partial charge in [-0.15, -0.1) is 0 Å². The molecule has 16 aromatic rings. The van der Waals surface area contributed by atoms with Crippen molar-refractivity contribution in [2.24, 2.45) is 0 Å². The number of carbonyl (C=O) groups is 2. The topological polar surface area (TPSA) is 84.0 Å². The van der Waals surface area contributed by atoms with E-state index in [1.165, 1.54) is 86.0 Å². The van der Waals surface area contributed by atoms with Crippen LogP contribution in [-0.4, -0.2) is 55.1 Å². The van der Waals surface area contributed by atoms with E-state index >= 15 is 0 Å². The molecule has 10 nitrogen and oxygen atoms in total. The van der Waals surface area contributed by atoms with Crippen LogP contribution in [-0.2, 0) is 18.9 Å². The summed E-state index contributed by atoms with van der Waals surface area (Å²) in [6.45, 7) is 11.0. The summed E-state index contributed by atoms with van der Waals surface area (Å²) in [7, 11) is -5.96. The lowest BCUT2D eigenvalue weighted by atomic mass is 10.0. The summed E-state index contributed by atoms with van der Waals surface area (Å²) in [6, 6.07) is 141. The van der Waals surface area contributed by atoms with Gasteiger partial charge in [-0.3, -0.25) is 9.59 Å². The van der Waals surface area contributed by atoms with Crippen molar-refractivity contribution in [1.82, 2.24) is 0 Å². The van der Waals surface area contributed by atoms with Crippen molar-refractivity contribution in [2.45, 2.75) is 47.7 Å². The zero-order valence-corrected chi connectivity index (χ0v) is 69.3. The molecular weight excluding hydrogens is 1520 g/mol. The SMILES string of the molecule is C.Cc1cccc(N(c2ccc(C3OCCO3)cc2)c2ccc3c(c2)[Si](c2ccccc2)(c2ccccc2)c2cc(N(c4ccc(C5OCCO5)cc4)c4cccc(C)c4)ccc2-3)c1.Cc1cccc(N(c2ccc(C=O)cc2)c2ccc3c(c2)[Si](c2ccccc2)(c2ccccc2)c2cc(N(c4ccc(C=O)cc4)c4cccc(C)c4)ccc2-3)c1. The van der Waals surface area contributed by atoms with Crippen LogP contribution in [0.5, 0.6) is 0 Å². The van der Waals surface area contributed by atoms with Gasteiger partial charge in [-0.1, -0.05) is 226 Å². The molecule has 0 bridgehead atoms. The lowest BCUT2D eigenvalue weighted by molar-refractivity contribution is -0.0443. The molecule has 0 amide bonds. The maximum absolute atomic E-state index is 11.7. The molecule has 16 aromatic carbocycles. The summed E-state index contributed by atoms with van der Waals surface area (Å²) >= 11 is 0. The first-order valence-corrected chi connectivity index (χ1v) is 45.1. The Hall–Kier alpha value is -13.7. The van der Waals surface area contributed by atoms with E-state index in [2.05, 4.69) is 387 Å². The molecule has 0 N–H and O–H groups in total. The number of aldehydes is 2. The van der Waals surface area contributed by atoms with Crippen molar-refractivity contribution in [3.05, 3.63) is 433 Å². The summed E-state index contributed by atoms with van der Waals surface area (Å²) in [4.78, 5) is 32.8. The quantitative estimate of drug-likeness (QED) is 0.0543. The summed E-state index contributed by atoms with van der Waals surface area (Å²) < 4.78 is 23.5. The molecule has 2 saturated heterocycles. The van der Waals surface area contributed by atoms with Crippen molar-refractivity contribution in [1.29, 1.82) is 0 Å². The van der Waals surface area contributed by atoms with E-state index in [0.29, 0.717) is 37.6 Å². The molecule has 0 aromatic heterocycles. The number of rotatable bonds is 20. The van der Waals surface area contributed by atoms with Gasteiger partial charge >= 0.3 is 0 Å². The minimum Gasteiger partial charge on any atom is -0.346 e. The highest BCUT2D eigenvalue weighted by atomic mass is 28.3. The normalized spacial score (nSPS) is 13.9. The number of anilines is 12. The van der Waals surface area contributed by atoms with Crippen LogP contribution in [0.3, 0.4) is 0 Å². The van der Waals surface area contributed by atoms with Crippen molar-refractivity contribution in [3.8, 4) is 22.3 Å². The number of hydrogen-bond acceptors (Lipinski definition) is 10. The second-order valence-electron chi connectivity index (χ2n) is 31.3. The maximum Gasteiger partial charge on any atom is 0.184 e. The lowest BCUT2D eigenvalue weighted by Crippen LogP contribution is -2.72. The van der Waals surface area contributed by atoms with Crippen LogP contribution in [0, 0.1) is 27.7 Å². The van der Waals surface area contributed by atoms with Crippen LogP contribution >= 0.6 is 0 Å². The van der Waals surface area contributed by atoms with Gasteiger partial charge in [-0.25, -0.2) is 0 Å². The maximum atomic E-state index is 11.7. The van der Waals surface area contributed by atoms with E-state index in [1.807, 2.05) is 48.5 Å². The number of aryl methyl sites for hydroxylation is 4. The Morgan fingerprint density at radius 2 is 0.455 bits per heavy atom. The van der Waals surface area contributed by atoms with Gasteiger partial charge in [-0.05, 0) is 284 Å². The van der Waals surface area contributed by atoms with E-state index in [4.69, 9.17) is 18.9 Å². The number of benzene rings is 16. The third-order valence-corrected chi connectivity index (χ3v) is 33.5. The predicted octanol–water partition coefficient (Wildman–Crippen LogP) is 21.6. The highest BCUT2D eigenvalue weighted by Gasteiger charge is 2.51. The molecule has 0 saturated carbocycles. The first-order chi connectivity index (χ1) is 59.0. The van der Waals surface area contributed by atoms with Gasteiger partial charge in [-0.2, -0.15) is 0 Å². The highest BCUT2D eigenvalue weighted by Crippen LogP contribution is 2.45. The Bertz CT molecular complexity index is 6030. The molecule has 0 radical (unpaired) electrons. The van der Waals surface area contributed by atoms with Gasteiger partial charge in [0.15, 0.2) is 28.7 Å². The van der Waals surface area contributed by atoms with Crippen LogP contribution in [0.15, 0.2) is 388 Å². The lowest BCUT2D eigenvalue weighted by Gasteiger charge is -2.34. The average molecular weight is 1610 g/mol. The number of nitrogens with zero attached hydrogens (tertiary/aromatic N) is 4. The van der Waals surface area contributed by atoms with Gasteiger partial charge in [0.1, 0.15) is 12.6 Å². The van der Waals surface area contributed by atoms with Crippen molar-refractivity contribution in [2.75, 3.05) is 46.0 Å². The molecule has 2 fully saturated rings. The molecule has 4 aliphatic rings. The molecule has 0 aliphatic carbocycles. The molecule has 121 heavy (non-hydrogen) atoms. The summed E-state index contributed by atoms with van der Waals surface area (Å²) in [5.74, 6) is 0. The molecule has 20 rings (SSSR count). The van der Waals surface area contributed by atoms with Crippen LogP contribution < -0.4 is 61.1 Å². The minimum atomic E-state index is -2.98. The van der Waals surface area contributed by atoms with Crippen molar-refractivity contribution >= 4 is 138 Å². The first-order valence-electron chi connectivity index (χ1n) is 41.1. The van der Waals surface area contributed by atoms with Gasteiger partial charge in [0.2, 0.25) is 0 Å². The second kappa shape index (κ2) is 34.0. The van der Waals surface area contributed by atoms with Crippen LogP contribution in [0.1, 0.15) is 74.1 Å². The average Bonchev–Trinajstić information content (AvgIpc) is 1.54. The van der Waals surface area contributed by atoms with E-state index < -0.39 is 16.1 Å². The van der Waals surface area contributed by atoms with Gasteiger partial charge in [0, 0.05) is 90.5 Å². The molecule has 4 aliphatic heterocycles. The zero-order chi connectivity index (χ0) is 81.3. The Morgan fingerprint density at radius 1 is 0.240 bits per heavy atom. The molecule has 0 spiro atoms. The minimum absolute atomic E-state index is 0. The third-order valence-electron chi connectivity index (χ3n) is 23.8. The van der Waals surface area contributed by atoms with Crippen molar-refractivity contribution < 1.29 is 28.5 Å². The van der Waals surface area contributed by atoms with Crippen LogP contribution in [0.2, 0.25) is 0 Å². The fourth-order valence-electron chi connectivity index (χ4n) is 18.4. The summed E-state index contributed by atoms with van der Waals surface area (Å²) in [5.41, 5.74) is 25.8. The molecule has 592 valence electrons. The van der Waals surface area contributed by atoms with Crippen LogP contribution in [0.4, 0.5) is 68.2 Å². The number of carbonyl (C=O) groups excluding carboxylic acids is 2. The predicted molar refractivity (Wildman–Crippen MR) is 503 cm³/mol. The summed E-state index contributed by atoms with van der Waals surface area (Å²) in [6.07, 6.45) is 1.12. The van der Waals surface area contributed by atoms with E-state index in [-0.39, 0.29) is 20.0 Å². The fourth-order valence-corrected chi connectivity index (χ4v) is 28.9. The van der Waals surface area contributed by atoms with Gasteiger partial charge in [0.25, 0.3) is 0 Å². The summed E-state index contributed by atoms with van der Waals surface area (Å²) in [5, 5.41) is 10.7. The molecular formula is C109H92N4O6Si2. The largest absolute Gasteiger partial charge is 0.346 e. The first kappa shape index (κ1) is 78.5. The van der Waals surface area contributed by atoms with Crippen molar-refractivity contribution in [3.63, 3.8) is 0 Å². The Balaban J connectivity index is 0.000000165. The standard InChI is InChI=1S/C56H48N2O4Si.C52H40N2O2Si.CH4/c1-39-11-9-13-45(35-39)57(43-23-19-41(20-24-43)55-59-31-32-60-55)47-27-29-51-52-30-28-48(38-54(52)63(53(51)37-47,49-15-5-3-6-16-49)50-17-7-4-8-18-50)58(46-14-10-12-40(2)36-46)44-25-21-42(22-26-44)56-61-33-34-62-56;1-37-11-9-13-43(31-37)53(41-23-19-39(35-55)20-24-41)45-27-29-49-50-30-28-46(54(44-14-10-12-38(2)32-44)42-25-21-40(36-56)22-26-42)34-52(50)57(51(49)33-45,47-15-5-3-6-16-47)48-17-7-4-8-18-48;/h3-30,35-38,55-56H,31-34H2,1-2H3;3-36H,1-2H3;1H4. The second-order valence-corrected chi connectivity index (χ2v) is 38.8. The number of fused-ring (bicyclic) bond motifs is 6. The zero-order valence-electron chi connectivity index (χ0n) is 67.3. The smallest absolute Gasteiger partial charge is 0.184 e. The molecule has 12 heteroatoms. The van der Waals surface area contributed by atoms with Crippen LogP contribution in [0.25, 0.3) is 22.3 Å². The highest BCUT2D eigenvalue weighted by molar-refractivity contribution is 7.23. The van der Waals surface area contributed by atoms with E-state index in [9.17, 15) is 9.59 Å². The Labute approximate surface area is 711 Å². The Morgan fingerprint density at radius 3 is 0.678 bits per heavy atom. The third kappa shape index (κ3) is 14.7. The molecule has 0 atom stereocenters. The molecule has 4 heterocycles. The number of hydrogen-bond donors (Lipinski definition) is 0. The van der Waals surface area contributed by atoms with E-state index in [1.54, 1.807) is 0 Å². The Kier molecular flexibility index (Phi) is 22.0. The van der Waals surface area contributed by atoms with Gasteiger partial charge in [0.05, 0.1) is 26.4 Å².